The second kappa shape index (κ2) is 27.5. The van der Waals surface area contributed by atoms with Crippen LogP contribution in [0, 0.1) is 165 Å². The third-order valence-corrected chi connectivity index (χ3v) is 9.96. The van der Waals surface area contributed by atoms with Crippen molar-refractivity contribution in [1.29, 1.82) is 5.53 Å². The predicted octanol–water partition coefficient (Wildman–Crippen LogP) is 8.41. The van der Waals surface area contributed by atoms with Crippen molar-refractivity contribution in [2.24, 2.45) is 48.1 Å². The van der Waals surface area contributed by atoms with Crippen LogP contribution in [0.15, 0.2) is 86.0 Å². The van der Waals surface area contributed by atoms with E-state index in [-0.39, 0.29) is 27.1 Å². The van der Waals surface area contributed by atoms with Crippen LogP contribution in [-0.4, -0.2) is 27.3 Å². The Balaban J connectivity index is -0.000000212. The summed E-state index contributed by atoms with van der Waals surface area (Å²) >= 11 is 0. The molecule has 0 fully saturated rings. The van der Waals surface area contributed by atoms with Crippen LogP contribution in [0.25, 0.3) is 5.57 Å². The highest BCUT2D eigenvalue weighted by molar-refractivity contribution is 6.11. The molecular weight excluding hydrogens is 843 g/mol. The molecule has 5 N–H and O–H groups in total. The fourth-order valence-electron chi connectivity index (χ4n) is 7.15. The largest absolute Gasteiger partial charge is 0.323 e. The third-order valence-electron chi connectivity index (χ3n) is 9.96. The van der Waals surface area contributed by atoms with Crippen LogP contribution < -0.4 is 16.5 Å². The van der Waals surface area contributed by atoms with Crippen molar-refractivity contribution in [2.45, 2.75) is 58.0 Å². The number of pyridine rings is 1. The zero-order chi connectivity index (χ0) is 47.9. The van der Waals surface area contributed by atoms with E-state index in [1.807, 2.05) is 18.5 Å². The Kier molecular flexibility index (Phi) is 19.7. The third kappa shape index (κ3) is 14.5. The number of anilines is 1. The second-order valence-electron chi connectivity index (χ2n) is 13.8. The van der Waals surface area contributed by atoms with Gasteiger partial charge in [-0.3, -0.25) is 9.98 Å². The van der Waals surface area contributed by atoms with Gasteiger partial charge in [0.2, 0.25) is 0 Å². The van der Waals surface area contributed by atoms with Gasteiger partial charge in [0.05, 0.1) is 35.5 Å². The lowest BCUT2D eigenvalue weighted by Crippen LogP contribution is -2.36. The molecule has 0 amide bonds. The van der Waals surface area contributed by atoms with Gasteiger partial charge in [0.15, 0.2) is 5.84 Å². The summed E-state index contributed by atoms with van der Waals surface area (Å²) in [4.78, 5) is 21.6. The molecule has 4 aliphatic rings. The summed E-state index contributed by atoms with van der Waals surface area (Å²) < 4.78 is 0. The first-order chi connectivity index (χ1) is 33.5. The molecule has 0 saturated carbocycles. The summed E-state index contributed by atoms with van der Waals surface area (Å²) in [5, 5.41) is 13.5. The number of amidine groups is 1. The number of terminal acetylenes is 1. The molecule has 7 rings (SSSR count). The van der Waals surface area contributed by atoms with Gasteiger partial charge in [-0.25, -0.2) is 9.97 Å². The van der Waals surface area contributed by atoms with Crippen LogP contribution in [0.4, 0.5) is 5.69 Å². The summed E-state index contributed by atoms with van der Waals surface area (Å²) in [6.07, 6.45) is 17.3. The van der Waals surface area contributed by atoms with Crippen LogP contribution in [0.2, 0.25) is 0 Å². The van der Waals surface area contributed by atoms with Gasteiger partial charge in [0, 0.05) is 81.8 Å². The number of aryl methyl sites for hydroxylation is 1. The minimum atomic E-state index is 0. The molecule has 2 aromatic heterocycles. The lowest BCUT2D eigenvalue weighted by molar-refractivity contribution is 0.224. The fraction of sp³-hybridized carbons (Fsp3) is 0.200. The van der Waals surface area contributed by atoms with E-state index >= 15 is 0 Å². The van der Waals surface area contributed by atoms with E-state index in [2.05, 4.69) is 226 Å². The van der Waals surface area contributed by atoms with Crippen LogP contribution >= 0.6 is 0 Å². The molecule has 2 aliphatic carbocycles. The molecule has 13 nitrogen and oxygen atoms in total. The van der Waals surface area contributed by atoms with Gasteiger partial charge >= 0.3 is 0 Å². The summed E-state index contributed by atoms with van der Waals surface area (Å²) in [5.41, 5.74) is 22.1. The molecule has 2 atom stereocenters. The van der Waals surface area contributed by atoms with Gasteiger partial charge in [-0.15, -0.1) is 6.42 Å². The highest BCUT2D eigenvalue weighted by Gasteiger charge is 2.44. The van der Waals surface area contributed by atoms with Crippen LogP contribution in [0.1, 0.15) is 88.2 Å². The quantitative estimate of drug-likeness (QED) is 0.102. The Labute approximate surface area is 413 Å². The average Bonchev–Trinajstić information content (AvgIpc) is 3.92. The Morgan fingerprint density at radius 3 is 1.93 bits per heavy atom. The van der Waals surface area contributed by atoms with E-state index in [9.17, 15) is 0 Å². The molecule has 0 unspecified atom stereocenters. The van der Waals surface area contributed by atoms with Gasteiger partial charge in [-0.2, -0.15) is 5.53 Å². The number of nitrogens with two attached hydrogens (primary N) is 2. The van der Waals surface area contributed by atoms with E-state index in [1.165, 1.54) is 16.7 Å². The van der Waals surface area contributed by atoms with Crippen LogP contribution in [-0.2, 0) is 19.4 Å². The minimum Gasteiger partial charge on any atom is -0.323 e. The second-order valence-corrected chi connectivity index (χ2v) is 13.8. The Hall–Kier alpha value is -10.5. The number of benzene rings is 1. The number of fused-ring (bicyclic) bond motifs is 3. The maximum Gasteiger partial charge on any atom is 0.156 e. The Morgan fingerprint density at radius 1 is 0.750 bits per heavy atom. The molecule has 3 aromatic rings. The average molecular weight is 900 g/mol. The first kappa shape index (κ1) is 48.5. The highest BCUT2D eigenvalue weighted by Crippen LogP contribution is 2.53. The summed E-state index contributed by atoms with van der Waals surface area (Å²) in [6, 6.07) is 12.9. The van der Waals surface area contributed by atoms with Crippen molar-refractivity contribution in [1.82, 2.24) is 15.0 Å². The molecule has 68 heavy (non-hydrogen) atoms. The zero-order valence-corrected chi connectivity index (χ0v) is 36.6. The molecule has 13 heteroatoms. The molecule has 1 spiro atoms. The Morgan fingerprint density at radius 2 is 1.37 bits per heavy atom. The standard InChI is InChI=1S/C28H28N6.C27H4.H3N7.11H2/c29-26-20-6-2-1-5-19(20)15-28(26)11-9-18(10-12-28)22-16-31-25-23(33-22)17-32-27(25)34-14-4-7-21-24(34)8-3-13-30-21;1-3-5-7-9-11-13-15-17-19-21-23-25-27-26-24-22-20-18-16-14-12-10-8-6-4-2;1-3-5-7-6-4-2;;;;;;;;;;;/h1-3,5-6,8-9,13,16,26H,4,7,10-12,14-15,17,29H2;1H,2H3;(H3,1,2,5,6);11*1H/t26-,28-;;;;;;;;;;;;;/m0............./s1. The van der Waals surface area contributed by atoms with Gasteiger partial charge < -0.3 is 16.5 Å². The topological polar surface area (TPSA) is 192 Å². The summed E-state index contributed by atoms with van der Waals surface area (Å²) in [6.45, 7) is 3.23. The SMILES string of the molecule is C#CC#CC#CC#CC#CC#CC#CC#CC#CC#CC#CC#CC#CC.N=N/N=N/N=N/N.N[C@H]1c2ccccc2C[C@@]12CC=C(c1cnc3c(n1)CN=C3N1CCCc3ncccc31)CC2.[HH].[HH].[HH].[HH].[HH].[HH].[HH].[HH].[HH].[HH].[HH]. The molecular formula is C55H57N13. The van der Waals surface area contributed by atoms with Crippen LogP contribution in [0.3, 0.4) is 0 Å². The predicted molar refractivity (Wildman–Crippen MR) is 284 cm³/mol. The summed E-state index contributed by atoms with van der Waals surface area (Å²) in [7, 11) is 0. The number of nitrogens with one attached hydrogen (secondary N) is 1. The molecule has 2 aliphatic heterocycles. The van der Waals surface area contributed by atoms with E-state index in [4.69, 9.17) is 32.6 Å². The number of nitrogens with zero attached hydrogens (tertiary/aromatic N) is 10. The van der Waals surface area contributed by atoms with Crippen molar-refractivity contribution in [3.63, 3.8) is 0 Å². The monoisotopic (exact) mass is 899 g/mol. The number of hydrogen-bond donors (Lipinski definition) is 3. The molecule has 4 heterocycles. The highest BCUT2D eigenvalue weighted by atomic mass is 15.6. The van der Waals surface area contributed by atoms with E-state index < -0.39 is 0 Å². The minimum absolute atomic E-state index is 0. The van der Waals surface area contributed by atoms with Crippen molar-refractivity contribution in [3.8, 4) is 154 Å². The number of rotatable bonds is 3. The van der Waals surface area contributed by atoms with Crippen molar-refractivity contribution in [2.75, 3.05) is 11.4 Å². The van der Waals surface area contributed by atoms with E-state index in [0.717, 1.165) is 79.4 Å². The molecule has 0 saturated heterocycles. The molecule has 1 aromatic carbocycles. The molecule has 0 bridgehead atoms. The van der Waals surface area contributed by atoms with Gasteiger partial charge in [-0.1, -0.05) is 41.5 Å². The van der Waals surface area contributed by atoms with Crippen molar-refractivity contribution in [3.05, 3.63) is 88.8 Å². The maximum absolute atomic E-state index is 6.75. The number of hydrogen-bond acceptors (Lipinski definition) is 8. The first-order valence-electron chi connectivity index (χ1n) is 20.4. The smallest absolute Gasteiger partial charge is 0.156 e. The van der Waals surface area contributed by atoms with Gasteiger partial charge in [0.25, 0.3) is 0 Å². The van der Waals surface area contributed by atoms with Crippen molar-refractivity contribution < 1.29 is 15.7 Å². The Bertz CT molecular complexity index is 3470. The number of allylic oxidation sites excluding steroid dienone is 2. The van der Waals surface area contributed by atoms with E-state index in [1.54, 1.807) is 6.92 Å². The van der Waals surface area contributed by atoms with Crippen LogP contribution in [0.5, 0.6) is 0 Å². The lowest BCUT2D eigenvalue weighted by Gasteiger charge is -2.36. The fourth-order valence-corrected chi connectivity index (χ4v) is 7.15. The van der Waals surface area contributed by atoms with Crippen molar-refractivity contribution >= 4 is 17.1 Å². The van der Waals surface area contributed by atoms with Gasteiger partial charge in [0.1, 0.15) is 5.69 Å². The van der Waals surface area contributed by atoms with E-state index in [0.29, 0.717) is 6.54 Å². The lowest BCUT2D eigenvalue weighted by atomic mass is 9.70. The molecule has 0 radical (unpaired) electrons. The number of aromatic nitrogens is 3. The maximum atomic E-state index is 6.75. The van der Waals surface area contributed by atoms with Gasteiger partial charge in [-0.05, 0) is 195 Å². The first-order valence-corrected chi connectivity index (χ1v) is 20.4. The summed E-state index contributed by atoms with van der Waals surface area (Å²) in [5.74, 6) is 67.3. The molecule has 342 valence electrons. The number of aliphatic imine (C=N–C) groups is 1. The zero-order valence-electron chi connectivity index (χ0n) is 36.6. The normalized spacial score (nSPS) is 15.1.